The highest BCUT2D eigenvalue weighted by atomic mass is 16.1. The first kappa shape index (κ1) is 7.45. The zero-order chi connectivity index (χ0) is 8.10. The number of carbonyl (C=O) groups excluding carboxylic acids is 1. The Morgan fingerprint density at radius 3 is 2.82 bits per heavy atom. The van der Waals surface area contributed by atoms with E-state index in [-0.39, 0.29) is 0 Å². The summed E-state index contributed by atoms with van der Waals surface area (Å²) in [5.41, 5.74) is 1.45. The van der Waals surface area contributed by atoms with Crippen molar-refractivity contribution >= 4 is 17.8 Å². The maximum Gasteiger partial charge on any atom is 0.240 e. The van der Waals surface area contributed by atoms with Crippen molar-refractivity contribution in [3.63, 3.8) is 0 Å². The Morgan fingerprint density at radius 2 is 2.18 bits per heavy atom. The monoisotopic (exact) mass is 145 g/mol. The smallest absolute Gasteiger partial charge is 0.211 e. The third-order valence-corrected chi connectivity index (χ3v) is 1.32. The van der Waals surface area contributed by atoms with Crippen LogP contribution in [0.2, 0.25) is 0 Å². The van der Waals surface area contributed by atoms with Crippen LogP contribution in [0.1, 0.15) is 5.56 Å². The van der Waals surface area contributed by atoms with Gasteiger partial charge in [-0.05, 0) is 6.07 Å². The van der Waals surface area contributed by atoms with E-state index in [0.29, 0.717) is 5.69 Å². The summed E-state index contributed by atoms with van der Waals surface area (Å²) in [5.74, 6) is 0. The third kappa shape index (κ3) is 1.63. The van der Waals surface area contributed by atoms with Crippen molar-refractivity contribution in [3.8, 4) is 0 Å². The van der Waals surface area contributed by atoms with Gasteiger partial charge in [0.05, 0.1) is 5.69 Å². The van der Waals surface area contributed by atoms with E-state index in [9.17, 15) is 4.79 Å². The van der Waals surface area contributed by atoms with Crippen LogP contribution in [0.4, 0.5) is 5.69 Å². The van der Waals surface area contributed by atoms with E-state index in [1.54, 1.807) is 12.1 Å². The summed E-state index contributed by atoms with van der Waals surface area (Å²) >= 11 is 0. The van der Waals surface area contributed by atoms with Crippen molar-refractivity contribution in [2.45, 2.75) is 0 Å². The molecule has 0 unspecified atom stereocenters. The Hall–Kier alpha value is -1.66. The van der Waals surface area contributed by atoms with Gasteiger partial charge in [-0.3, -0.25) is 0 Å². The molecule has 1 aromatic carbocycles. The molecule has 0 aliphatic heterocycles. The van der Waals surface area contributed by atoms with Gasteiger partial charge in [-0.2, -0.15) is 4.99 Å². The third-order valence-electron chi connectivity index (χ3n) is 1.32. The molecule has 0 saturated carbocycles. The summed E-state index contributed by atoms with van der Waals surface area (Å²) in [4.78, 5) is 13.4. The predicted molar refractivity (Wildman–Crippen MR) is 44.3 cm³/mol. The first-order chi connectivity index (χ1) is 5.38. The van der Waals surface area contributed by atoms with Gasteiger partial charge in [0.25, 0.3) is 0 Å². The molecule has 0 spiro atoms. The highest BCUT2D eigenvalue weighted by Gasteiger charge is 1.92. The summed E-state index contributed by atoms with van der Waals surface area (Å²) in [6.07, 6.45) is 3.13. The average molecular weight is 145 g/mol. The molecule has 11 heavy (non-hydrogen) atoms. The number of hydrogen-bond acceptors (Lipinski definition) is 2. The fourth-order valence-electron chi connectivity index (χ4n) is 0.811. The Morgan fingerprint density at radius 1 is 1.45 bits per heavy atom. The predicted octanol–water partition coefficient (Wildman–Crippen LogP) is 2.30. The molecular formula is C9H7NO. The molecule has 2 heteroatoms. The second-order valence-electron chi connectivity index (χ2n) is 1.97. The summed E-state index contributed by atoms with van der Waals surface area (Å²) in [7, 11) is 0. The minimum absolute atomic E-state index is 0.609. The van der Waals surface area contributed by atoms with E-state index in [4.69, 9.17) is 0 Å². The Kier molecular flexibility index (Phi) is 2.37. The number of para-hydroxylation sites is 1. The SMILES string of the molecule is C=Cc1ccccc1N=C=O. The van der Waals surface area contributed by atoms with Crippen LogP contribution in [0.25, 0.3) is 6.08 Å². The van der Waals surface area contributed by atoms with Gasteiger partial charge in [0.2, 0.25) is 6.08 Å². The average Bonchev–Trinajstić information content (AvgIpc) is 2.06. The lowest BCUT2D eigenvalue weighted by Crippen LogP contribution is -1.71. The van der Waals surface area contributed by atoms with Crippen LogP contribution in [0.15, 0.2) is 35.8 Å². The molecule has 1 rings (SSSR count). The van der Waals surface area contributed by atoms with Gasteiger partial charge in [0.15, 0.2) is 0 Å². The van der Waals surface area contributed by atoms with Crippen LogP contribution in [-0.4, -0.2) is 6.08 Å². The fraction of sp³-hybridized carbons (Fsp3) is 0. The number of aliphatic imine (C=N–C) groups is 1. The Bertz CT molecular complexity index is 311. The molecule has 2 nitrogen and oxygen atoms in total. The summed E-state index contributed by atoms with van der Waals surface area (Å²) in [6, 6.07) is 7.25. The second-order valence-corrected chi connectivity index (χ2v) is 1.97. The van der Waals surface area contributed by atoms with Gasteiger partial charge < -0.3 is 0 Å². The standard InChI is InChI=1S/C9H7NO/c1-2-8-5-3-4-6-9(8)10-7-11/h2-6H,1H2. The Balaban J connectivity index is 3.21. The van der Waals surface area contributed by atoms with Crippen LogP contribution >= 0.6 is 0 Å². The molecule has 0 aromatic heterocycles. The number of benzene rings is 1. The molecule has 1 aromatic rings. The second kappa shape index (κ2) is 3.49. The van der Waals surface area contributed by atoms with Crippen molar-refractivity contribution in [1.29, 1.82) is 0 Å². The molecule has 0 radical (unpaired) electrons. The molecule has 0 aliphatic rings. The molecular weight excluding hydrogens is 138 g/mol. The lowest BCUT2D eigenvalue weighted by molar-refractivity contribution is 0.565. The van der Waals surface area contributed by atoms with Gasteiger partial charge in [0.1, 0.15) is 0 Å². The molecule has 54 valence electrons. The first-order valence-electron chi connectivity index (χ1n) is 3.18. The molecule has 0 bridgehead atoms. The van der Waals surface area contributed by atoms with Crippen molar-refractivity contribution in [2.75, 3.05) is 0 Å². The highest BCUT2D eigenvalue weighted by Crippen LogP contribution is 2.18. The topological polar surface area (TPSA) is 29.4 Å². The number of isocyanates is 1. The molecule has 0 aliphatic carbocycles. The lowest BCUT2D eigenvalue weighted by Gasteiger charge is -1.94. The van der Waals surface area contributed by atoms with Crippen molar-refractivity contribution in [3.05, 3.63) is 36.4 Å². The lowest BCUT2D eigenvalue weighted by atomic mass is 10.2. The number of nitrogens with zero attached hydrogens (tertiary/aromatic N) is 1. The normalized spacial score (nSPS) is 8.36. The summed E-state index contributed by atoms with van der Waals surface area (Å²) in [5, 5.41) is 0. The fourth-order valence-corrected chi connectivity index (χ4v) is 0.811. The van der Waals surface area contributed by atoms with Gasteiger partial charge in [0, 0.05) is 5.56 Å². The number of hydrogen-bond donors (Lipinski definition) is 0. The van der Waals surface area contributed by atoms with Crippen LogP contribution in [0, 0.1) is 0 Å². The van der Waals surface area contributed by atoms with E-state index < -0.39 is 0 Å². The van der Waals surface area contributed by atoms with Crippen molar-refractivity contribution in [2.24, 2.45) is 4.99 Å². The zero-order valence-electron chi connectivity index (χ0n) is 5.95. The summed E-state index contributed by atoms with van der Waals surface area (Å²) in [6.45, 7) is 3.58. The molecule has 0 fully saturated rings. The van der Waals surface area contributed by atoms with E-state index >= 15 is 0 Å². The van der Waals surface area contributed by atoms with E-state index in [2.05, 4.69) is 11.6 Å². The van der Waals surface area contributed by atoms with E-state index in [1.807, 2.05) is 18.2 Å². The van der Waals surface area contributed by atoms with Crippen molar-refractivity contribution in [1.82, 2.24) is 0 Å². The number of rotatable bonds is 2. The largest absolute Gasteiger partial charge is 0.240 e. The van der Waals surface area contributed by atoms with Crippen LogP contribution < -0.4 is 0 Å². The van der Waals surface area contributed by atoms with Crippen LogP contribution in [0.5, 0.6) is 0 Å². The van der Waals surface area contributed by atoms with Gasteiger partial charge >= 0.3 is 0 Å². The molecule has 0 heterocycles. The Labute approximate surface area is 64.9 Å². The molecule has 0 atom stereocenters. The highest BCUT2D eigenvalue weighted by molar-refractivity contribution is 5.65. The van der Waals surface area contributed by atoms with Gasteiger partial charge in [-0.1, -0.05) is 30.9 Å². The van der Waals surface area contributed by atoms with E-state index in [0.717, 1.165) is 5.56 Å². The van der Waals surface area contributed by atoms with Crippen molar-refractivity contribution < 1.29 is 4.79 Å². The molecule has 0 saturated heterocycles. The quantitative estimate of drug-likeness (QED) is 0.463. The van der Waals surface area contributed by atoms with Crippen LogP contribution in [0.3, 0.4) is 0 Å². The van der Waals surface area contributed by atoms with Gasteiger partial charge in [-0.15, -0.1) is 0 Å². The molecule has 0 amide bonds. The minimum Gasteiger partial charge on any atom is -0.211 e. The summed E-state index contributed by atoms with van der Waals surface area (Å²) < 4.78 is 0. The first-order valence-corrected chi connectivity index (χ1v) is 3.18. The zero-order valence-corrected chi connectivity index (χ0v) is 5.95. The molecule has 0 N–H and O–H groups in total. The maximum absolute atomic E-state index is 9.92. The minimum atomic E-state index is 0.609. The van der Waals surface area contributed by atoms with Crippen LogP contribution in [-0.2, 0) is 4.79 Å². The van der Waals surface area contributed by atoms with Gasteiger partial charge in [-0.25, -0.2) is 4.79 Å². The van der Waals surface area contributed by atoms with E-state index in [1.165, 1.54) is 6.08 Å². The maximum atomic E-state index is 9.92.